The maximum atomic E-state index is 5.55. The van der Waals surface area contributed by atoms with Gasteiger partial charge in [-0.25, -0.2) is 0 Å². The summed E-state index contributed by atoms with van der Waals surface area (Å²) in [5.74, 6) is 0. The molecule has 0 aromatic carbocycles. The van der Waals surface area contributed by atoms with E-state index in [9.17, 15) is 0 Å². The summed E-state index contributed by atoms with van der Waals surface area (Å²) in [6, 6.07) is 0.801. The highest BCUT2D eigenvalue weighted by Gasteiger charge is 2.25. The summed E-state index contributed by atoms with van der Waals surface area (Å²) in [6.45, 7) is 9.12. The number of piperazine rings is 1. The minimum absolute atomic E-state index is 0.797. The van der Waals surface area contributed by atoms with Gasteiger partial charge < -0.3 is 11.1 Å². The third-order valence-electron chi connectivity index (χ3n) is 3.40. The van der Waals surface area contributed by atoms with Gasteiger partial charge >= 0.3 is 0 Å². The van der Waals surface area contributed by atoms with Gasteiger partial charge in [-0.15, -0.1) is 0 Å². The van der Waals surface area contributed by atoms with Crippen molar-refractivity contribution in [2.75, 3.05) is 52.4 Å². The van der Waals surface area contributed by atoms with Gasteiger partial charge in [0.15, 0.2) is 0 Å². The molecular formula is C10H22N4. The lowest BCUT2D eigenvalue weighted by Gasteiger charge is -2.37. The molecule has 3 N–H and O–H groups in total. The lowest BCUT2D eigenvalue weighted by atomic mass is 10.2. The Morgan fingerprint density at radius 2 is 2.00 bits per heavy atom. The molecule has 14 heavy (non-hydrogen) atoms. The van der Waals surface area contributed by atoms with Gasteiger partial charge in [-0.3, -0.25) is 9.80 Å². The first-order chi connectivity index (χ1) is 6.90. The molecule has 2 rings (SSSR count). The second kappa shape index (κ2) is 5.07. The molecule has 0 amide bonds. The van der Waals surface area contributed by atoms with Gasteiger partial charge in [0.25, 0.3) is 0 Å². The largest absolute Gasteiger partial charge is 0.329 e. The van der Waals surface area contributed by atoms with Crippen LogP contribution in [0.4, 0.5) is 0 Å². The van der Waals surface area contributed by atoms with Crippen LogP contribution >= 0.6 is 0 Å². The second-order valence-electron chi connectivity index (χ2n) is 4.31. The van der Waals surface area contributed by atoms with Crippen LogP contribution in [-0.2, 0) is 0 Å². The first-order valence-corrected chi connectivity index (χ1v) is 5.77. The zero-order valence-electron chi connectivity index (χ0n) is 8.91. The molecule has 2 aliphatic rings. The minimum atomic E-state index is 0.797. The summed E-state index contributed by atoms with van der Waals surface area (Å²) in [7, 11) is 0. The molecule has 1 unspecified atom stereocenters. The Labute approximate surface area is 86.4 Å². The van der Waals surface area contributed by atoms with Crippen molar-refractivity contribution in [3.63, 3.8) is 0 Å². The molecule has 2 fully saturated rings. The number of nitrogens with zero attached hydrogens (tertiary/aromatic N) is 2. The van der Waals surface area contributed by atoms with Crippen LogP contribution in [0.5, 0.6) is 0 Å². The molecule has 2 saturated heterocycles. The van der Waals surface area contributed by atoms with E-state index in [1.165, 1.54) is 45.7 Å². The van der Waals surface area contributed by atoms with Gasteiger partial charge in [0.2, 0.25) is 0 Å². The van der Waals surface area contributed by atoms with E-state index in [1.807, 2.05) is 0 Å². The third-order valence-corrected chi connectivity index (χ3v) is 3.40. The maximum Gasteiger partial charge on any atom is 0.0233 e. The monoisotopic (exact) mass is 198 g/mol. The molecule has 0 saturated carbocycles. The van der Waals surface area contributed by atoms with Gasteiger partial charge in [0.1, 0.15) is 0 Å². The molecule has 2 aliphatic heterocycles. The van der Waals surface area contributed by atoms with E-state index >= 15 is 0 Å². The predicted molar refractivity (Wildman–Crippen MR) is 58.3 cm³/mol. The number of hydrogen-bond donors (Lipinski definition) is 2. The summed E-state index contributed by atoms with van der Waals surface area (Å²) in [5, 5.41) is 3.43. The van der Waals surface area contributed by atoms with E-state index in [0.29, 0.717) is 0 Å². The van der Waals surface area contributed by atoms with Crippen molar-refractivity contribution in [1.29, 1.82) is 0 Å². The van der Waals surface area contributed by atoms with Crippen molar-refractivity contribution < 1.29 is 0 Å². The number of nitrogens with two attached hydrogens (primary N) is 1. The molecule has 0 radical (unpaired) electrons. The molecule has 82 valence electrons. The Kier molecular flexibility index (Phi) is 3.75. The lowest BCUT2D eigenvalue weighted by molar-refractivity contribution is 0.105. The van der Waals surface area contributed by atoms with Crippen LogP contribution in [0.15, 0.2) is 0 Å². The van der Waals surface area contributed by atoms with E-state index < -0.39 is 0 Å². The predicted octanol–water partition coefficient (Wildman–Crippen LogP) is -1.08. The molecule has 4 heteroatoms. The Bertz CT molecular complexity index is 160. The Hall–Kier alpha value is -0.160. The zero-order valence-corrected chi connectivity index (χ0v) is 8.91. The fraction of sp³-hybridized carbons (Fsp3) is 1.00. The highest BCUT2D eigenvalue weighted by atomic mass is 15.3. The SMILES string of the molecule is NCCN1CCN(C2CCNC2)CC1. The standard InChI is InChI=1S/C10H22N4/c11-2-4-13-5-7-14(8-6-13)10-1-3-12-9-10/h10,12H,1-9,11H2. The van der Waals surface area contributed by atoms with Crippen LogP contribution in [0.3, 0.4) is 0 Å². The number of rotatable bonds is 3. The Morgan fingerprint density at radius 1 is 1.21 bits per heavy atom. The molecule has 0 aromatic rings. The highest BCUT2D eigenvalue weighted by molar-refractivity contribution is 4.84. The second-order valence-corrected chi connectivity index (χ2v) is 4.31. The van der Waals surface area contributed by atoms with Crippen LogP contribution in [0.1, 0.15) is 6.42 Å². The van der Waals surface area contributed by atoms with Crippen molar-refractivity contribution in [2.24, 2.45) is 5.73 Å². The van der Waals surface area contributed by atoms with Gasteiger partial charge in [0.05, 0.1) is 0 Å². The molecule has 0 spiro atoms. The molecular weight excluding hydrogens is 176 g/mol. The van der Waals surface area contributed by atoms with Crippen LogP contribution in [0.25, 0.3) is 0 Å². The Morgan fingerprint density at radius 3 is 2.57 bits per heavy atom. The van der Waals surface area contributed by atoms with E-state index in [2.05, 4.69) is 15.1 Å². The first-order valence-electron chi connectivity index (χ1n) is 5.77. The van der Waals surface area contributed by atoms with Gasteiger partial charge in [-0.2, -0.15) is 0 Å². The van der Waals surface area contributed by atoms with Crippen molar-refractivity contribution in [1.82, 2.24) is 15.1 Å². The zero-order chi connectivity index (χ0) is 9.80. The Balaban J connectivity index is 1.72. The van der Waals surface area contributed by atoms with Gasteiger partial charge in [-0.05, 0) is 13.0 Å². The number of nitrogens with one attached hydrogen (secondary N) is 1. The minimum Gasteiger partial charge on any atom is -0.329 e. The third kappa shape index (κ3) is 2.45. The van der Waals surface area contributed by atoms with Crippen LogP contribution in [-0.4, -0.2) is 68.2 Å². The molecule has 2 heterocycles. The smallest absolute Gasteiger partial charge is 0.0233 e. The van der Waals surface area contributed by atoms with Crippen molar-refractivity contribution in [3.8, 4) is 0 Å². The van der Waals surface area contributed by atoms with Gasteiger partial charge in [0, 0.05) is 51.9 Å². The first kappa shape index (κ1) is 10.4. The molecule has 1 atom stereocenters. The summed E-state index contributed by atoms with van der Waals surface area (Å²) in [4.78, 5) is 5.10. The van der Waals surface area contributed by atoms with Crippen molar-refractivity contribution >= 4 is 0 Å². The average Bonchev–Trinajstić information content (AvgIpc) is 2.72. The number of hydrogen-bond acceptors (Lipinski definition) is 4. The van der Waals surface area contributed by atoms with Crippen LogP contribution in [0, 0.1) is 0 Å². The highest BCUT2D eigenvalue weighted by Crippen LogP contribution is 2.11. The molecule has 0 bridgehead atoms. The maximum absolute atomic E-state index is 5.55. The summed E-state index contributed by atoms with van der Waals surface area (Å²) in [6.07, 6.45) is 1.33. The summed E-state index contributed by atoms with van der Waals surface area (Å²) < 4.78 is 0. The van der Waals surface area contributed by atoms with Crippen LogP contribution < -0.4 is 11.1 Å². The summed E-state index contributed by atoms with van der Waals surface area (Å²) >= 11 is 0. The lowest BCUT2D eigenvalue weighted by Crippen LogP contribution is -2.51. The fourth-order valence-corrected chi connectivity index (χ4v) is 2.49. The molecule has 0 aromatic heterocycles. The van der Waals surface area contributed by atoms with Crippen molar-refractivity contribution in [2.45, 2.75) is 12.5 Å². The quantitative estimate of drug-likeness (QED) is 0.606. The van der Waals surface area contributed by atoms with E-state index in [4.69, 9.17) is 5.73 Å². The molecule has 4 nitrogen and oxygen atoms in total. The fourth-order valence-electron chi connectivity index (χ4n) is 2.49. The topological polar surface area (TPSA) is 44.5 Å². The average molecular weight is 198 g/mol. The summed E-state index contributed by atoms with van der Waals surface area (Å²) in [5.41, 5.74) is 5.55. The normalized spacial score (nSPS) is 31.1. The van der Waals surface area contributed by atoms with Crippen molar-refractivity contribution in [3.05, 3.63) is 0 Å². The van der Waals surface area contributed by atoms with E-state index in [1.54, 1.807) is 0 Å². The van der Waals surface area contributed by atoms with E-state index in [0.717, 1.165) is 19.1 Å². The van der Waals surface area contributed by atoms with E-state index in [-0.39, 0.29) is 0 Å². The van der Waals surface area contributed by atoms with Gasteiger partial charge in [-0.1, -0.05) is 0 Å². The molecule has 0 aliphatic carbocycles. The van der Waals surface area contributed by atoms with Crippen LogP contribution in [0.2, 0.25) is 0 Å².